The SMILES string of the molecule is c1ccc(CC2CCN(Cc3coc4cc(Oc5nccs5)ccc34)CC2)cc1. The van der Waals surface area contributed by atoms with Crippen LogP contribution in [0.1, 0.15) is 24.0 Å². The molecule has 1 fully saturated rings. The second-order valence-corrected chi connectivity index (χ2v) is 8.59. The molecule has 0 amide bonds. The average molecular weight is 405 g/mol. The number of fused-ring (bicyclic) bond motifs is 1. The first-order valence-electron chi connectivity index (χ1n) is 10.2. The maximum absolute atomic E-state index is 5.83. The summed E-state index contributed by atoms with van der Waals surface area (Å²) in [6, 6.07) is 16.9. The van der Waals surface area contributed by atoms with E-state index >= 15 is 0 Å². The average Bonchev–Trinajstić information content (AvgIpc) is 3.40. The molecular formula is C24H24N2O2S. The molecule has 3 heterocycles. The highest BCUT2D eigenvalue weighted by molar-refractivity contribution is 7.11. The topological polar surface area (TPSA) is 38.5 Å². The van der Waals surface area contributed by atoms with E-state index in [0.717, 1.165) is 36.9 Å². The van der Waals surface area contributed by atoms with Crippen molar-refractivity contribution in [3.8, 4) is 10.9 Å². The van der Waals surface area contributed by atoms with Crippen molar-refractivity contribution in [1.82, 2.24) is 9.88 Å². The summed E-state index contributed by atoms with van der Waals surface area (Å²) in [7, 11) is 0. The van der Waals surface area contributed by atoms with Gasteiger partial charge in [0.25, 0.3) is 5.19 Å². The van der Waals surface area contributed by atoms with Gasteiger partial charge < -0.3 is 9.15 Å². The summed E-state index contributed by atoms with van der Waals surface area (Å²) < 4.78 is 11.6. The summed E-state index contributed by atoms with van der Waals surface area (Å²) in [6.07, 6.45) is 7.36. The lowest BCUT2D eigenvalue weighted by molar-refractivity contribution is 0.177. The maximum Gasteiger partial charge on any atom is 0.278 e. The molecule has 1 saturated heterocycles. The molecule has 2 aromatic carbocycles. The second-order valence-electron chi connectivity index (χ2n) is 7.73. The van der Waals surface area contributed by atoms with Gasteiger partial charge in [-0.2, -0.15) is 0 Å². The van der Waals surface area contributed by atoms with E-state index in [1.807, 2.05) is 23.8 Å². The molecule has 2 aromatic heterocycles. The number of hydrogen-bond acceptors (Lipinski definition) is 5. The zero-order chi connectivity index (χ0) is 19.5. The van der Waals surface area contributed by atoms with Crippen molar-refractivity contribution in [2.45, 2.75) is 25.8 Å². The molecule has 0 spiro atoms. The number of hydrogen-bond donors (Lipinski definition) is 0. The van der Waals surface area contributed by atoms with Crippen LogP contribution in [0, 0.1) is 5.92 Å². The summed E-state index contributed by atoms with van der Waals surface area (Å²) in [5.41, 5.74) is 3.58. The Bertz CT molecular complexity index is 1050. The number of ether oxygens (including phenoxy) is 1. The molecule has 0 bridgehead atoms. The van der Waals surface area contributed by atoms with Gasteiger partial charge in [0, 0.05) is 35.1 Å². The molecule has 0 N–H and O–H groups in total. The van der Waals surface area contributed by atoms with Gasteiger partial charge in [0.15, 0.2) is 0 Å². The van der Waals surface area contributed by atoms with Crippen molar-refractivity contribution in [2.24, 2.45) is 5.92 Å². The van der Waals surface area contributed by atoms with E-state index < -0.39 is 0 Å². The predicted octanol–water partition coefficient (Wildman–Crippen LogP) is 6.14. The maximum atomic E-state index is 5.83. The van der Waals surface area contributed by atoms with Crippen molar-refractivity contribution in [2.75, 3.05) is 13.1 Å². The van der Waals surface area contributed by atoms with Crippen molar-refractivity contribution in [3.05, 3.63) is 77.5 Å². The Kier molecular flexibility index (Phi) is 5.33. The Hall–Kier alpha value is -2.63. The van der Waals surface area contributed by atoms with Crippen molar-refractivity contribution >= 4 is 22.3 Å². The van der Waals surface area contributed by atoms with Crippen LogP contribution in [-0.2, 0) is 13.0 Å². The molecular weight excluding hydrogens is 380 g/mol. The minimum absolute atomic E-state index is 0.648. The van der Waals surface area contributed by atoms with Crippen LogP contribution in [0.2, 0.25) is 0 Å². The molecule has 4 nitrogen and oxygen atoms in total. The van der Waals surface area contributed by atoms with Crippen molar-refractivity contribution in [3.63, 3.8) is 0 Å². The molecule has 148 valence electrons. The van der Waals surface area contributed by atoms with E-state index in [9.17, 15) is 0 Å². The second kappa shape index (κ2) is 8.39. The van der Waals surface area contributed by atoms with Gasteiger partial charge in [0.2, 0.25) is 0 Å². The van der Waals surface area contributed by atoms with Gasteiger partial charge in [-0.25, -0.2) is 4.98 Å². The summed E-state index contributed by atoms with van der Waals surface area (Å²) in [5, 5.41) is 3.72. The Labute approximate surface area is 174 Å². The summed E-state index contributed by atoms with van der Waals surface area (Å²) in [6.45, 7) is 3.24. The number of nitrogens with zero attached hydrogens (tertiary/aromatic N) is 2. The minimum Gasteiger partial charge on any atom is -0.464 e. The van der Waals surface area contributed by atoms with Crippen LogP contribution in [0.4, 0.5) is 0 Å². The molecule has 0 aliphatic carbocycles. The fourth-order valence-corrected chi connectivity index (χ4v) is 4.65. The fourth-order valence-electron chi connectivity index (χ4n) is 4.15. The Balaban J connectivity index is 1.20. The number of rotatable bonds is 6. The molecule has 0 unspecified atom stereocenters. The third-order valence-corrected chi connectivity index (χ3v) is 6.36. The number of thiazole rings is 1. The van der Waals surface area contributed by atoms with Crippen molar-refractivity contribution < 1.29 is 9.15 Å². The first-order valence-corrected chi connectivity index (χ1v) is 11.1. The zero-order valence-corrected chi connectivity index (χ0v) is 17.1. The molecule has 0 saturated carbocycles. The molecule has 5 heteroatoms. The van der Waals surface area contributed by atoms with Crippen LogP contribution in [0.3, 0.4) is 0 Å². The summed E-state index contributed by atoms with van der Waals surface area (Å²) in [5.74, 6) is 1.55. The smallest absolute Gasteiger partial charge is 0.278 e. The normalized spacial score (nSPS) is 15.7. The van der Waals surface area contributed by atoms with Gasteiger partial charge in [0.05, 0.1) is 6.26 Å². The van der Waals surface area contributed by atoms with Gasteiger partial charge in [-0.15, -0.1) is 0 Å². The van der Waals surface area contributed by atoms with E-state index in [-0.39, 0.29) is 0 Å². The highest BCUT2D eigenvalue weighted by Crippen LogP contribution is 2.31. The first-order chi connectivity index (χ1) is 14.3. The quantitative estimate of drug-likeness (QED) is 0.387. The van der Waals surface area contributed by atoms with Crippen LogP contribution >= 0.6 is 11.3 Å². The van der Waals surface area contributed by atoms with E-state index in [0.29, 0.717) is 5.19 Å². The molecule has 4 aromatic rings. The number of aromatic nitrogens is 1. The Morgan fingerprint density at radius 2 is 1.97 bits per heavy atom. The largest absolute Gasteiger partial charge is 0.464 e. The number of benzene rings is 2. The van der Waals surface area contributed by atoms with Crippen LogP contribution in [-0.4, -0.2) is 23.0 Å². The van der Waals surface area contributed by atoms with Gasteiger partial charge in [-0.3, -0.25) is 4.90 Å². The van der Waals surface area contributed by atoms with E-state index in [1.54, 1.807) is 6.20 Å². The Morgan fingerprint density at radius 3 is 2.76 bits per heavy atom. The van der Waals surface area contributed by atoms with E-state index in [1.165, 1.54) is 47.1 Å². The summed E-state index contributed by atoms with van der Waals surface area (Å²) >= 11 is 1.48. The van der Waals surface area contributed by atoms with Crippen LogP contribution in [0.5, 0.6) is 10.9 Å². The molecule has 1 aliphatic rings. The third kappa shape index (κ3) is 4.36. The van der Waals surface area contributed by atoms with Crippen LogP contribution < -0.4 is 4.74 Å². The molecule has 5 rings (SSSR count). The zero-order valence-electron chi connectivity index (χ0n) is 16.3. The van der Waals surface area contributed by atoms with Gasteiger partial charge in [0.1, 0.15) is 11.3 Å². The minimum atomic E-state index is 0.648. The summed E-state index contributed by atoms with van der Waals surface area (Å²) in [4.78, 5) is 6.71. The van der Waals surface area contributed by atoms with Crippen molar-refractivity contribution in [1.29, 1.82) is 0 Å². The highest BCUT2D eigenvalue weighted by atomic mass is 32.1. The van der Waals surface area contributed by atoms with Gasteiger partial charge >= 0.3 is 0 Å². The number of likely N-dealkylation sites (tertiary alicyclic amines) is 1. The van der Waals surface area contributed by atoms with E-state index in [2.05, 4.69) is 46.3 Å². The standard InChI is InChI=1S/C24H24N2O2S/c1-2-4-18(5-3-1)14-19-8-11-26(12-9-19)16-20-17-27-23-15-21(6-7-22(20)23)28-24-25-10-13-29-24/h1-7,10,13,15,17,19H,8-9,11-12,14,16H2. The molecule has 1 aliphatic heterocycles. The predicted molar refractivity (Wildman–Crippen MR) is 117 cm³/mol. The van der Waals surface area contributed by atoms with E-state index in [4.69, 9.17) is 9.15 Å². The van der Waals surface area contributed by atoms with Crippen LogP contribution in [0.15, 0.2) is 70.8 Å². The van der Waals surface area contributed by atoms with Gasteiger partial charge in [-0.05, 0) is 56.0 Å². The third-order valence-electron chi connectivity index (χ3n) is 5.71. The fraction of sp³-hybridized carbons (Fsp3) is 0.292. The molecule has 0 atom stereocenters. The number of piperidine rings is 1. The van der Waals surface area contributed by atoms with Crippen LogP contribution in [0.25, 0.3) is 11.0 Å². The number of furan rings is 1. The lowest BCUT2D eigenvalue weighted by Gasteiger charge is -2.31. The lowest BCUT2D eigenvalue weighted by atomic mass is 9.90. The molecule has 29 heavy (non-hydrogen) atoms. The Morgan fingerprint density at radius 1 is 1.10 bits per heavy atom. The monoisotopic (exact) mass is 404 g/mol. The first kappa shape index (κ1) is 18.4. The van der Waals surface area contributed by atoms with Gasteiger partial charge in [-0.1, -0.05) is 41.7 Å². The highest BCUT2D eigenvalue weighted by Gasteiger charge is 2.21. The lowest BCUT2D eigenvalue weighted by Crippen LogP contribution is -2.33. The molecule has 0 radical (unpaired) electrons.